The smallest absolute Gasteiger partial charge is 0.415 e. The lowest BCUT2D eigenvalue weighted by Crippen LogP contribution is -2.38. The first-order valence-corrected chi connectivity index (χ1v) is 8.51. The molecule has 6 nitrogen and oxygen atoms in total. The monoisotopic (exact) mass is 318 g/mol. The molecule has 3 rings (SSSR count). The van der Waals surface area contributed by atoms with E-state index in [1.807, 2.05) is 19.9 Å². The summed E-state index contributed by atoms with van der Waals surface area (Å²) in [5.74, 6) is 1.84. The van der Waals surface area contributed by atoms with Gasteiger partial charge in [-0.05, 0) is 53.6 Å². The van der Waals surface area contributed by atoms with Crippen molar-refractivity contribution in [3.05, 3.63) is 17.6 Å². The summed E-state index contributed by atoms with van der Waals surface area (Å²) in [6.45, 7) is 11.0. The van der Waals surface area contributed by atoms with Crippen LogP contribution < -0.4 is 4.90 Å². The van der Waals surface area contributed by atoms with E-state index in [1.165, 1.54) is 0 Å². The van der Waals surface area contributed by atoms with E-state index in [4.69, 9.17) is 4.74 Å². The Morgan fingerprint density at radius 2 is 1.96 bits per heavy atom. The SMILES string of the molecule is Cc1nc(C2CCN(C(C)C)CC2)cc(N2C(=O)OC[C@@H]2C)n1. The van der Waals surface area contributed by atoms with Crippen molar-refractivity contribution in [2.24, 2.45) is 0 Å². The van der Waals surface area contributed by atoms with Crippen molar-refractivity contribution >= 4 is 11.9 Å². The number of likely N-dealkylation sites (tertiary alicyclic amines) is 1. The minimum atomic E-state index is -0.309. The number of anilines is 1. The number of cyclic esters (lactones) is 1. The molecule has 0 aliphatic carbocycles. The molecule has 1 aromatic rings. The molecule has 23 heavy (non-hydrogen) atoms. The fraction of sp³-hybridized carbons (Fsp3) is 0.706. The predicted octanol–water partition coefficient (Wildman–Crippen LogP) is 2.72. The van der Waals surface area contributed by atoms with Crippen molar-refractivity contribution < 1.29 is 9.53 Å². The molecule has 126 valence electrons. The number of carbonyl (C=O) groups is 1. The second kappa shape index (κ2) is 6.43. The molecule has 0 bridgehead atoms. The molecule has 1 aromatic heterocycles. The van der Waals surface area contributed by atoms with E-state index in [9.17, 15) is 4.79 Å². The zero-order valence-corrected chi connectivity index (χ0v) is 14.5. The molecule has 2 fully saturated rings. The Morgan fingerprint density at radius 3 is 2.52 bits per heavy atom. The van der Waals surface area contributed by atoms with Gasteiger partial charge in [0.25, 0.3) is 0 Å². The lowest BCUT2D eigenvalue weighted by molar-refractivity contribution is 0.170. The quantitative estimate of drug-likeness (QED) is 0.857. The molecule has 2 aliphatic rings. The van der Waals surface area contributed by atoms with Crippen molar-refractivity contribution in [2.75, 3.05) is 24.6 Å². The second-order valence-corrected chi connectivity index (χ2v) is 6.90. The molecule has 0 aromatic carbocycles. The molecule has 0 radical (unpaired) electrons. The summed E-state index contributed by atoms with van der Waals surface area (Å²) in [5.41, 5.74) is 1.06. The van der Waals surface area contributed by atoms with Gasteiger partial charge >= 0.3 is 6.09 Å². The Kier molecular flexibility index (Phi) is 4.53. The molecule has 0 spiro atoms. The average molecular weight is 318 g/mol. The number of piperidine rings is 1. The van der Waals surface area contributed by atoms with E-state index in [-0.39, 0.29) is 12.1 Å². The Bertz CT molecular complexity index is 582. The van der Waals surface area contributed by atoms with Gasteiger partial charge in [0, 0.05) is 23.7 Å². The van der Waals surface area contributed by atoms with Crippen LogP contribution in [0, 0.1) is 6.92 Å². The minimum Gasteiger partial charge on any atom is -0.447 e. The highest BCUT2D eigenvalue weighted by Gasteiger charge is 2.33. The van der Waals surface area contributed by atoms with Gasteiger partial charge in [0.1, 0.15) is 18.2 Å². The van der Waals surface area contributed by atoms with E-state index < -0.39 is 0 Å². The number of amides is 1. The summed E-state index contributed by atoms with van der Waals surface area (Å²) in [6, 6.07) is 2.59. The van der Waals surface area contributed by atoms with Crippen LogP contribution in [0.3, 0.4) is 0 Å². The highest BCUT2D eigenvalue weighted by atomic mass is 16.6. The van der Waals surface area contributed by atoms with E-state index in [0.717, 1.165) is 37.4 Å². The third kappa shape index (κ3) is 3.32. The lowest BCUT2D eigenvalue weighted by atomic mass is 9.92. The lowest BCUT2D eigenvalue weighted by Gasteiger charge is -2.34. The largest absolute Gasteiger partial charge is 0.447 e. The van der Waals surface area contributed by atoms with Gasteiger partial charge in [0.15, 0.2) is 0 Å². The van der Waals surface area contributed by atoms with Crippen LogP contribution in [0.25, 0.3) is 0 Å². The van der Waals surface area contributed by atoms with Crippen LogP contribution >= 0.6 is 0 Å². The first kappa shape index (κ1) is 16.2. The number of ether oxygens (including phenoxy) is 1. The summed E-state index contributed by atoms with van der Waals surface area (Å²) >= 11 is 0. The second-order valence-electron chi connectivity index (χ2n) is 6.90. The van der Waals surface area contributed by atoms with Crippen LogP contribution in [0.2, 0.25) is 0 Å². The number of hydrogen-bond acceptors (Lipinski definition) is 5. The molecule has 1 amide bonds. The minimum absolute atomic E-state index is 0.0208. The van der Waals surface area contributed by atoms with E-state index >= 15 is 0 Å². The van der Waals surface area contributed by atoms with Gasteiger partial charge in [-0.1, -0.05) is 0 Å². The maximum absolute atomic E-state index is 11.9. The maximum atomic E-state index is 11.9. The number of aryl methyl sites for hydroxylation is 1. The third-order valence-electron chi connectivity index (χ3n) is 4.85. The summed E-state index contributed by atoms with van der Waals surface area (Å²) in [6.07, 6.45) is 1.90. The molecule has 2 saturated heterocycles. The van der Waals surface area contributed by atoms with Crippen molar-refractivity contribution in [1.29, 1.82) is 0 Å². The van der Waals surface area contributed by atoms with Crippen molar-refractivity contribution in [3.8, 4) is 0 Å². The van der Waals surface area contributed by atoms with Crippen molar-refractivity contribution in [1.82, 2.24) is 14.9 Å². The number of hydrogen-bond donors (Lipinski definition) is 0. The predicted molar refractivity (Wildman–Crippen MR) is 88.7 cm³/mol. The fourth-order valence-corrected chi connectivity index (χ4v) is 3.45. The molecule has 2 aliphatic heterocycles. The summed E-state index contributed by atoms with van der Waals surface area (Å²) in [4.78, 5) is 25.2. The summed E-state index contributed by atoms with van der Waals surface area (Å²) in [5, 5.41) is 0. The molecular formula is C17H26N4O2. The highest BCUT2D eigenvalue weighted by Crippen LogP contribution is 2.30. The van der Waals surface area contributed by atoms with Gasteiger partial charge < -0.3 is 9.64 Å². The van der Waals surface area contributed by atoms with Crippen LogP contribution in [0.5, 0.6) is 0 Å². The zero-order valence-electron chi connectivity index (χ0n) is 14.5. The average Bonchev–Trinajstić information content (AvgIpc) is 2.85. The van der Waals surface area contributed by atoms with Gasteiger partial charge in [-0.3, -0.25) is 4.90 Å². The fourth-order valence-electron chi connectivity index (χ4n) is 3.45. The maximum Gasteiger partial charge on any atom is 0.415 e. The summed E-state index contributed by atoms with van der Waals surface area (Å²) < 4.78 is 5.12. The molecule has 0 unspecified atom stereocenters. The van der Waals surface area contributed by atoms with Gasteiger partial charge in [-0.25, -0.2) is 14.8 Å². The Morgan fingerprint density at radius 1 is 1.26 bits per heavy atom. The van der Waals surface area contributed by atoms with Gasteiger partial charge in [0.05, 0.1) is 6.04 Å². The van der Waals surface area contributed by atoms with Gasteiger partial charge in [-0.15, -0.1) is 0 Å². The van der Waals surface area contributed by atoms with Crippen LogP contribution in [0.1, 0.15) is 51.0 Å². The van der Waals surface area contributed by atoms with Crippen molar-refractivity contribution in [2.45, 2.75) is 58.5 Å². The van der Waals surface area contributed by atoms with E-state index in [2.05, 4.69) is 28.7 Å². The number of carbonyl (C=O) groups excluding carboxylic acids is 1. The van der Waals surface area contributed by atoms with Crippen LogP contribution in [0.15, 0.2) is 6.07 Å². The van der Waals surface area contributed by atoms with Crippen LogP contribution in [0.4, 0.5) is 10.6 Å². The van der Waals surface area contributed by atoms with Crippen molar-refractivity contribution in [3.63, 3.8) is 0 Å². The number of rotatable bonds is 3. The molecule has 6 heteroatoms. The number of aromatic nitrogens is 2. The molecule has 0 saturated carbocycles. The Balaban J connectivity index is 1.80. The first-order valence-electron chi connectivity index (χ1n) is 8.51. The molecule has 1 atom stereocenters. The molecular weight excluding hydrogens is 292 g/mol. The molecule has 0 N–H and O–H groups in total. The normalized spacial score (nSPS) is 23.6. The zero-order chi connectivity index (χ0) is 16.6. The summed E-state index contributed by atoms with van der Waals surface area (Å²) in [7, 11) is 0. The standard InChI is InChI=1S/C17H26N4O2/c1-11(2)20-7-5-14(6-8-20)15-9-16(19-13(4)18-15)21-12(3)10-23-17(21)22/h9,11-12,14H,5-8,10H2,1-4H3/t12-/m0/s1. The van der Waals surface area contributed by atoms with E-state index in [0.29, 0.717) is 24.4 Å². The van der Waals surface area contributed by atoms with Gasteiger partial charge in [0.2, 0.25) is 0 Å². The van der Waals surface area contributed by atoms with E-state index in [1.54, 1.807) is 4.90 Å². The highest BCUT2D eigenvalue weighted by molar-refractivity contribution is 5.89. The third-order valence-corrected chi connectivity index (χ3v) is 4.85. The van der Waals surface area contributed by atoms with Gasteiger partial charge in [-0.2, -0.15) is 0 Å². The first-order chi connectivity index (χ1) is 11.0. The topological polar surface area (TPSA) is 58.6 Å². The Labute approximate surface area is 137 Å². The molecule has 3 heterocycles. The van der Waals surface area contributed by atoms with Crippen LogP contribution in [-0.4, -0.2) is 52.7 Å². The Hall–Kier alpha value is -1.69. The number of nitrogens with zero attached hydrogens (tertiary/aromatic N) is 4. The van der Waals surface area contributed by atoms with Crippen LogP contribution in [-0.2, 0) is 4.74 Å².